The molecule has 0 aliphatic carbocycles. The van der Waals surface area contributed by atoms with Crippen LogP contribution in [0.3, 0.4) is 0 Å². The Hall–Kier alpha value is -3.04. The fraction of sp³-hybridized carbons (Fsp3) is 0.304. The number of anilines is 1. The van der Waals surface area contributed by atoms with Crippen molar-refractivity contribution in [1.29, 1.82) is 0 Å². The summed E-state index contributed by atoms with van der Waals surface area (Å²) >= 11 is 8.13. The Morgan fingerprint density at radius 3 is 2.61 bits per heavy atom. The van der Waals surface area contributed by atoms with E-state index >= 15 is 0 Å². The topological polar surface area (TPSA) is 86.7 Å². The van der Waals surface area contributed by atoms with Crippen LogP contribution in [0, 0.1) is 0 Å². The lowest BCUT2D eigenvalue weighted by Gasteiger charge is -2.30. The van der Waals surface area contributed by atoms with E-state index in [1.54, 1.807) is 12.1 Å². The van der Waals surface area contributed by atoms with Crippen LogP contribution in [0.15, 0.2) is 41.6 Å². The third-order valence-corrected chi connectivity index (χ3v) is 6.43. The van der Waals surface area contributed by atoms with E-state index in [2.05, 4.69) is 22.1 Å². The second kappa shape index (κ2) is 9.84. The lowest BCUT2D eigenvalue weighted by atomic mass is 10.1. The highest BCUT2D eigenvalue weighted by atomic mass is 35.5. The van der Waals surface area contributed by atoms with Crippen molar-refractivity contribution in [2.75, 3.05) is 24.9 Å². The van der Waals surface area contributed by atoms with Gasteiger partial charge in [0.05, 0.1) is 24.9 Å². The van der Waals surface area contributed by atoms with Crippen molar-refractivity contribution in [1.82, 2.24) is 15.2 Å². The van der Waals surface area contributed by atoms with Gasteiger partial charge in [0.2, 0.25) is 23.2 Å². The fourth-order valence-electron chi connectivity index (χ4n) is 3.57. The van der Waals surface area contributed by atoms with Crippen LogP contribution in [0.4, 0.5) is 5.69 Å². The third kappa shape index (κ3) is 4.43. The van der Waals surface area contributed by atoms with Crippen molar-refractivity contribution in [3.8, 4) is 28.6 Å². The van der Waals surface area contributed by atoms with Gasteiger partial charge in [-0.1, -0.05) is 48.5 Å². The van der Waals surface area contributed by atoms with E-state index in [9.17, 15) is 4.79 Å². The standard InChI is InChI=1S/C23H23ClN4O4S/c1-5-10-33-23-25-21-20(26-27-23)14-8-6-7-9-17(14)28(13(2)29)22(32-21)15-11-18(30-3)19(31-4)12-16(15)24/h6-9,11-12,22H,5,10H2,1-4H3. The maximum absolute atomic E-state index is 12.9. The number of benzene rings is 2. The molecule has 0 saturated carbocycles. The Morgan fingerprint density at radius 1 is 1.18 bits per heavy atom. The van der Waals surface area contributed by atoms with Gasteiger partial charge in [-0.15, -0.1) is 10.2 Å². The number of hydrogen-bond donors (Lipinski definition) is 0. The van der Waals surface area contributed by atoms with Crippen LogP contribution in [0.25, 0.3) is 11.3 Å². The highest BCUT2D eigenvalue weighted by molar-refractivity contribution is 7.99. The molecular formula is C23H23ClN4O4S. The number of hydrogen-bond acceptors (Lipinski definition) is 8. The first-order valence-electron chi connectivity index (χ1n) is 10.3. The molecule has 0 bridgehead atoms. The van der Waals surface area contributed by atoms with Crippen molar-refractivity contribution < 1.29 is 19.0 Å². The van der Waals surface area contributed by atoms with E-state index in [4.69, 9.17) is 25.8 Å². The van der Waals surface area contributed by atoms with Gasteiger partial charge in [0.25, 0.3) is 0 Å². The number of ether oxygens (including phenoxy) is 3. The number of amides is 1. The highest BCUT2D eigenvalue weighted by Crippen LogP contribution is 2.46. The molecule has 1 atom stereocenters. The molecule has 8 nitrogen and oxygen atoms in total. The number of carbonyl (C=O) groups is 1. The van der Waals surface area contributed by atoms with E-state index in [0.29, 0.717) is 44.2 Å². The van der Waals surface area contributed by atoms with Crippen molar-refractivity contribution in [3.05, 3.63) is 47.0 Å². The van der Waals surface area contributed by atoms with Crippen LogP contribution in [0.1, 0.15) is 32.1 Å². The van der Waals surface area contributed by atoms with E-state index in [1.807, 2.05) is 24.3 Å². The molecule has 0 fully saturated rings. The molecule has 0 saturated heterocycles. The summed E-state index contributed by atoms with van der Waals surface area (Å²) in [6.07, 6.45) is 0.0505. The monoisotopic (exact) mass is 486 g/mol. The number of thioether (sulfide) groups is 1. The molecule has 172 valence electrons. The number of carbonyl (C=O) groups excluding carboxylic acids is 1. The summed E-state index contributed by atoms with van der Waals surface area (Å²) < 4.78 is 17.2. The van der Waals surface area contributed by atoms with Gasteiger partial charge < -0.3 is 14.2 Å². The lowest BCUT2D eigenvalue weighted by molar-refractivity contribution is -0.118. The van der Waals surface area contributed by atoms with Gasteiger partial charge in [0, 0.05) is 29.9 Å². The second-order valence-corrected chi connectivity index (χ2v) is 8.67. The van der Waals surface area contributed by atoms with Crippen LogP contribution in [-0.2, 0) is 4.79 Å². The average molecular weight is 487 g/mol. The van der Waals surface area contributed by atoms with Crippen LogP contribution < -0.4 is 19.1 Å². The second-order valence-electron chi connectivity index (χ2n) is 7.20. The zero-order valence-corrected chi connectivity index (χ0v) is 20.2. The molecule has 0 N–H and O–H groups in total. The van der Waals surface area contributed by atoms with Crippen LogP contribution >= 0.6 is 23.4 Å². The summed E-state index contributed by atoms with van der Waals surface area (Å²) in [6, 6.07) is 10.7. The third-order valence-electron chi connectivity index (χ3n) is 5.06. The Labute approximate surface area is 201 Å². The van der Waals surface area contributed by atoms with E-state index in [1.165, 1.54) is 37.8 Å². The molecular weight excluding hydrogens is 464 g/mol. The quantitative estimate of drug-likeness (QED) is 0.442. The van der Waals surface area contributed by atoms with E-state index in [-0.39, 0.29) is 11.8 Å². The first kappa shape index (κ1) is 23.1. The normalized spacial score (nSPS) is 14.6. The number of methoxy groups -OCH3 is 2. The number of fused-ring (bicyclic) bond motifs is 3. The van der Waals surface area contributed by atoms with Crippen molar-refractivity contribution >= 4 is 35.0 Å². The molecule has 0 spiro atoms. The summed E-state index contributed by atoms with van der Waals surface area (Å²) in [6.45, 7) is 3.55. The molecule has 4 rings (SSSR count). The number of aromatic nitrogens is 3. The van der Waals surface area contributed by atoms with Crippen molar-refractivity contribution in [2.24, 2.45) is 0 Å². The summed E-state index contributed by atoms with van der Waals surface area (Å²) in [7, 11) is 3.06. The minimum Gasteiger partial charge on any atom is -0.493 e. The van der Waals surface area contributed by atoms with Gasteiger partial charge in [-0.25, -0.2) is 0 Å². The summed E-state index contributed by atoms with van der Waals surface area (Å²) in [5, 5.41) is 9.52. The van der Waals surface area contributed by atoms with E-state index < -0.39 is 6.23 Å². The van der Waals surface area contributed by atoms with Crippen LogP contribution in [-0.4, -0.2) is 41.1 Å². The molecule has 1 amide bonds. The zero-order valence-electron chi connectivity index (χ0n) is 18.7. The molecule has 1 aromatic heterocycles. The first-order chi connectivity index (χ1) is 16.0. The number of halogens is 1. The van der Waals surface area contributed by atoms with Gasteiger partial charge in [-0.3, -0.25) is 9.69 Å². The molecule has 1 aliphatic rings. The highest BCUT2D eigenvalue weighted by Gasteiger charge is 2.36. The van der Waals surface area contributed by atoms with E-state index in [0.717, 1.165) is 12.2 Å². The molecule has 3 aromatic rings. The van der Waals surface area contributed by atoms with Gasteiger partial charge in [0.15, 0.2) is 17.2 Å². The summed E-state index contributed by atoms with van der Waals surface area (Å²) in [5.74, 6) is 1.82. The molecule has 1 aliphatic heterocycles. The minimum atomic E-state index is -0.919. The SMILES string of the molecule is CCCSc1nnc2c(n1)OC(c1cc(OC)c(OC)cc1Cl)N(C(C)=O)c1ccccc1-2. The molecule has 2 aromatic carbocycles. The molecule has 0 radical (unpaired) electrons. The number of rotatable bonds is 6. The maximum atomic E-state index is 12.9. The maximum Gasteiger partial charge on any atom is 0.247 e. The van der Waals surface area contributed by atoms with Crippen molar-refractivity contribution in [2.45, 2.75) is 31.7 Å². The van der Waals surface area contributed by atoms with Gasteiger partial charge in [-0.2, -0.15) is 4.98 Å². The van der Waals surface area contributed by atoms with Crippen LogP contribution in [0.5, 0.6) is 17.4 Å². The number of nitrogens with zero attached hydrogens (tertiary/aromatic N) is 4. The largest absolute Gasteiger partial charge is 0.493 e. The molecule has 10 heteroatoms. The molecule has 1 unspecified atom stereocenters. The Bertz CT molecular complexity index is 1190. The Kier molecular flexibility index (Phi) is 6.90. The van der Waals surface area contributed by atoms with Gasteiger partial charge >= 0.3 is 0 Å². The minimum absolute atomic E-state index is 0.236. The number of para-hydroxylation sites is 1. The van der Waals surface area contributed by atoms with Crippen LogP contribution in [0.2, 0.25) is 5.02 Å². The Morgan fingerprint density at radius 2 is 1.91 bits per heavy atom. The summed E-state index contributed by atoms with van der Waals surface area (Å²) in [4.78, 5) is 19.1. The van der Waals surface area contributed by atoms with Crippen molar-refractivity contribution in [3.63, 3.8) is 0 Å². The van der Waals surface area contributed by atoms with Gasteiger partial charge in [0.1, 0.15) is 0 Å². The smallest absolute Gasteiger partial charge is 0.247 e. The zero-order chi connectivity index (χ0) is 23.5. The molecule has 2 heterocycles. The summed E-state index contributed by atoms with van der Waals surface area (Å²) in [5.41, 5.74) is 2.28. The first-order valence-corrected chi connectivity index (χ1v) is 11.7. The lowest BCUT2D eigenvalue weighted by Crippen LogP contribution is -2.36. The Balaban J connectivity index is 1.94. The molecule has 33 heavy (non-hydrogen) atoms. The fourth-order valence-corrected chi connectivity index (χ4v) is 4.45. The predicted octanol–water partition coefficient (Wildman–Crippen LogP) is 5.16. The average Bonchev–Trinajstić information content (AvgIpc) is 2.96. The van der Waals surface area contributed by atoms with Gasteiger partial charge in [-0.05, 0) is 18.6 Å². The predicted molar refractivity (Wildman–Crippen MR) is 127 cm³/mol.